The van der Waals surface area contributed by atoms with Crippen LogP contribution in [0.15, 0.2) is 10.9 Å². The Morgan fingerprint density at radius 2 is 2.15 bits per heavy atom. The van der Waals surface area contributed by atoms with E-state index in [2.05, 4.69) is 20.2 Å². The minimum Gasteiger partial charge on any atom is -0.379 e. The second-order valence-corrected chi connectivity index (χ2v) is 6.56. The third-order valence-electron chi connectivity index (χ3n) is 4.48. The molecule has 1 atom stereocenters. The van der Waals surface area contributed by atoms with Gasteiger partial charge >= 0.3 is 0 Å². The molecular weight excluding hydrogens is 270 g/mol. The maximum absolute atomic E-state index is 5.42. The van der Waals surface area contributed by atoms with E-state index in [0.29, 0.717) is 0 Å². The number of rotatable bonds is 5. The van der Waals surface area contributed by atoms with Gasteiger partial charge in [-0.05, 0) is 32.4 Å². The second kappa shape index (κ2) is 7.50. The molecule has 1 aromatic heterocycles. The Kier molecular flexibility index (Phi) is 5.42. The highest BCUT2D eigenvalue weighted by atomic mass is 32.1. The van der Waals surface area contributed by atoms with Crippen LogP contribution in [0, 0.1) is 0 Å². The van der Waals surface area contributed by atoms with Gasteiger partial charge in [0, 0.05) is 31.1 Å². The van der Waals surface area contributed by atoms with Gasteiger partial charge in [0.05, 0.1) is 24.4 Å². The molecule has 0 bridgehead atoms. The van der Waals surface area contributed by atoms with Crippen LogP contribution in [-0.2, 0) is 11.3 Å². The van der Waals surface area contributed by atoms with Gasteiger partial charge in [0.15, 0.2) is 0 Å². The quantitative estimate of drug-likeness (QED) is 0.833. The Balaban J connectivity index is 1.49. The zero-order valence-corrected chi connectivity index (χ0v) is 13.0. The van der Waals surface area contributed by atoms with E-state index in [1.165, 1.54) is 44.5 Å². The molecule has 20 heavy (non-hydrogen) atoms. The van der Waals surface area contributed by atoms with Gasteiger partial charge in [-0.15, -0.1) is 11.3 Å². The number of piperidine rings is 1. The van der Waals surface area contributed by atoms with Gasteiger partial charge in [0.1, 0.15) is 0 Å². The first-order valence-electron chi connectivity index (χ1n) is 7.83. The molecule has 0 unspecified atom stereocenters. The molecule has 5 heteroatoms. The zero-order valence-electron chi connectivity index (χ0n) is 12.2. The van der Waals surface area contributed by atoms with Crippen LogP contribution >= 0.6 is 11.3 Å². The molecule has 0 saturated carbocycles. The van der Waals surface area contributed by atoms with Crippen LogP contribution in [0.1, 0.15) is 31.4 Å². The highest BCUT2D eigenvalue weighted by Crippen LogP contribution is 2.22. The van der Waals surface area contributed by atoms with Crippen LogP contribution in [0.5, 0.6) is 0 Å². The first-order valence-corrected chi connectivity index (χ1v) is 8.77. The molecule has 2 aliphatic rings. The Labute approximate surface area is 125 Å². The van der Waals surface area contributed by atoms with E-state index in [-0.39, 0.29) is 0 Å². The molecule has 0 radical (unpaired) electrons. The van der Waals surface area contributed by atoms with Crippen LogP contribution in [-0.4, -0.2) is 60.2 Å². The van der Waals surface area contributed by atoms with Crippen molar-refractivity contribution in [3.63, 3.8) is 0 Å². The van der Waals surface area contributed by atoms with Gasteiger partial charge in [-0.25, -0.2) is 4.98 Å². The summed E-state index contributed by atoms with van der Waals surface area (Å²) >= 11 is 1.71. The van der Waals surface area contributed by atoms with Crippen molar-refractivity contribution in [3.05, 3.63) is 16.6 Å². The molecule has 2 aliphatic heterocycles. The van der Waals surface area contributed by atoms with Gasteiger partial charge < -0.3 is 4.74 Å². The normalized spacial score (nSPS) is 25.9. The molecule has 0 amide bonds. The topological polar surface area (TPSA) is 28.6 Å². The lowest BCUT2D eigenvalue weighted by molar-refractivity contribution is 0.0301. The van der Waals surface area contributed by atoms with E-state index in [0.717, 1.165) is 38.9 Å². The smallest absolute Gasteiger partial charge is 0.0795 e. The molecule has 3 heterocycles. The van der Waals surface area contributed by atoms with Crippen molar-refractivity contribution >= 4 is 11.3 Å². The minimum atomic E-state index is 0.744. The monoisotopic (exact) mass is 295 g/mol. The summed E-state index contributed by atoms with van der Waals surface area (Å²) in [5.41, 5.74) is 3.19. The van der Waals surface area contributed by atoms with E-state index < -0.39 is 0 Å². The standard InChI is InChI=1S/C15H25N3OS/c1-2-5-18(11-14-12-20-13-16-14)15(3-1)4-6-17-7-9-19-10-8-17/h12-13,15H,1-11H2/t15-/m1/s1. The molecule has 0 aliphatic carbocycles. The van der Waals surface area contributed by atoms with Gasteiger partial charge in [-0.1, -0.05) is 6.42 Å². The molecule has 0 aromatic carbocycles. The molecule has 3 rings (SSSR count). The number of hydrogen-bond acceptors (Lipinski definition) is 5. The largest absolute Gasteiger partial charge is 0.379 e. The summed E-state index contributed by atoms with van der Waals surface area (Å²) < 4.78 is 5.42. The van der Waals surface area contributed by atoms with Crippen LogP contribution in [0.25, 0.3) is 0 Å². The number of aromatic nitrogens is 1. The zero-order chi connectivity index (χ0) is 13.6. The van der Waals surface area contributed by atoms with Crippen LogP contribution < -0.4 is 0 Å². The lowest BCUT2D eigenvalue weighted by atomic mass is 9.99. The van der Waals surface area contributed by atoms with E-state index in [4.69, 9.17) is 4.74 Å². The fourth-order valence-electron chi connectivity index (χ4n) is 3.28. The van der Waals surface area contributed by atoms with Gasteiger partial charge in [-0.2, -0.15) is 0 Å². The Hall–Kier alpha value is -0.490. The van der Waals surface area contributed by atoms with Gasteiger partial charge in [0.25, 0.3) is 0 Å². The summed E-state index contributed by atoms with van der Waals surface area (Å²) in [6, 6.07) is 0.744. The average Bonchev–Trinajstić information content (AvgIpc) is 3.00. The summed E-state index contributed by atoms with van der Waals surface area (Å²) in [4.78, 5) is 9.65. The summed E-state index contributed by atoms with van der Waals surface area (Å²) in [6.45, 7) is 7.54. The van der Waals surface area contributed by atoms with Crippen molar-refractivity contribution in [2.45, 2.75) is 38.3 Å². The van der Waals surface area contributed by atoms with Crippen molar-refractivity contribution in [1.29, 1.82) is 0 Å². The Bertz CT molecular complexity index is 378. The summed E-state index contributed by atoms with van der Waals surface area (Å²) in [6.07, 6.45) is 5.39. The van der Waals surface area contributed by atoms with Crippen LogP contribution in [0.4, 0.5) is 0 Å². The van der Waals surface area contributed by atoms with Gasteiger partial charge in [0.2, 0.25) is 0 Å². The van der Waals surface area contributed by atoms with Gasteiger partial charge in [-0.3, -0.25) is 9.80 Å². The van der Waals surface area contributed by atoms with Crippen molar-refractivity contribution in [2.24, 2.45) is 0 Å². The molecule has 2 saturated heterocycles. The molecule has 4 nitrogen and oxygen atoms in total. The van der Waals surface area contributed by atoms with Crippen molar-refractivity contribution < 1.29 is 4.74 Å². The third kappa shape index (κ3) is 4.01. The summed E-state index contributed by atoms with van der Waals surface area (Å²) in [7, 11) is 0. The maximum Gasteiger partial charge on any atom is 0.0795 e. The van der Waals surface area contributed by atoms with E-state index in [1.54, 1.807) is 11.3 Å². The fourth-order valence-corrected chi connectivity index (χ4v) is 3.82. The van der Waals surface area contributed by atoms with Crippen molar-refractivity contribution in [3.8, 4) is 0 Å². The number of hydrogen-bond donors (Lipinski definition) is 0. The fraction of sp³-hybridized carbons (Fsp3) is 0.800. The predicted molar refractivity (Wildman–Crippen MR) is 82.0 cm³/mol. The van der Waals surface area contributed by atoms with Crippen molar-refractivity contribution in [1.82, 2.24) is 14.8 Å². The second-order valence-electron chi connectivity index (χ2n) is 5.84. The SMILES string of the molecule is c1nc(CN2CCCC[C@@H]2CCN2CCOCC2)cs1. The number of ether oxygens (including phenoxy) is 1. The predicted octanol–water partition coefficient (Wildman–Crippen LogP) is 2.22. The summed E-state index contributed by atoms with van der Waals surface area (Å²) in [5.74, 6) is 0. The van der Waals surface area contributed by atoms with Crippen LogP contribution in [0.2, 0.25) is 0 Å². The highest BCUT2D eigenvalue weighted by molar-refractivity contribution is 7.07. The number of thiazole rings is 1. The first kappa shape index (κ1) is 14.4. The lowest BCUT2D eigenvalue weighted by Gasteiger charge is -2.37. The molecule has 0 N–H and O–H groups in total. The van der Waals surface area contributed by atoms with E-state index >= 15 is 0 Å². The maximum atomic E-state index is 5.42. The first-order chi connectivity index (χ1) is 9.92. The van der Waals surface area contributed by atoms with Crippen molar-refractivity contribution in [2.75, 3.05) is 39.4 Å². The minimum absolute atomic E-state index is 0.744. The Morgan fingerprint density at radius 3 is 2.95 bits per heavy atom. The number of morpholine rings is 1. The molecule has 1 aromatic rings. The number of nitrogens with zero attached hydrogens (tertiary/aromatic N) is 3. The van der Waals surface area contributed by atoms with E-state index in [9.17, 15) is 0 Å². The van der Waals surface area contributed by atoms with E-state index in [1.807, 2.05) is 5.51 Å². The molecule has 0 spiro atoms. The lowest BCUT2D eigenvalue weighted by Crippen LogP contribution is -2.43. The molecular formula is C15H25N3OS. The summed E-state index contributed by atoms with van der Waals surface area (Å²) in [5, 5.41) is 2.19. The molecule has 2 fully saturated rings. The average molecular weight is 295 g/mol. The van der Waals surface area contributed by atoms with Crippen LogP contribution in [0.3, 0.4) is 0 Å². The third-order valence-corrected chi connectivity index (χ3v) is 5.12. The Morgan fingerprint density at radius 1 is 1.25 bits per heavy atom. The molecule has 112 valence electrons. The highest BCUT2D eigenvalue weighted by Gasteiger charge is 2.23. The number of likely N-dealkylation sites (tertiary alicyclic amines) is 1.